The number of hydrogen-bond acceptors (Lipinski definition) is 5. The number of nitrogens with zero attached hydrogens (tertiary/aromatic N) is 6. The van der Waals surface area contributed by atoms with E-state index < -0.39 is 12.1 Å². The van der Waals surface area contributed by atoms with Crippen LogP contribution in [0.1, 0.15) is 0 Å². The third-order valence-corrected chi connectivity index (χ3v) is 5.62. The molecule has 0 radical (unpaired) electrons. The quantitative estimate of drug-likeness (QED) is 0.361. The Hall–Kier alpha value is -4.80. The van der Waals surface area contributed by atoms with Crippen LogP contribution in [0, 0.1) is 0 Å². The Labute approximate surface area is 201 Å². The van der Waals surface area contributed by atoms with Gasteiger partial charge in [0.15, 0.2) is 11.5 Å². The number of aromatic nitrogens is 6. The highest BCUT2D eigenvalue weighted by Gasteiger charge is 2.38. The Balaban J connectivity index is 0.000000338. The summed E-state index contributed by atoms with van der Waals surface area (Å²) < 4.78 is 35.6. The minimum Gasteiger partial charge on any atom is -0.475 e. The fourth-order valence-corrected chi connectivity index (χ4v) is 3.89. The molecule has 4 aromatic heterocycles. The van der Waals surface area contributed by atoms with Crippen molar-refractivity contribution in [2.24, 2.45) is 7.05 Å². The molecule has 0 bridgehead atoms. The van der Waals surface area contributed by atoms with E-state index in [9.17, 15) is 13.2 Å². The third-order valence-electron chi connectivity index (χ3n) is 5.62. The highest BCUT2D eigenvalue weighted by atomic mass is 19.4. The van der Waals surface area contributed by atoms with Gasteiger partial charge in [0, 0.05) is 35.8 Å². The topological polar surface area (TPSA) is 98.2 Å². The molecule has 6 aromatic rings. The van der Waals surface area contributed by atoms with Gasteiger partial charge in [0.1, 0.15) is 0 Å². The molecule has 0 aliphatic heterocycles. The first-order valence-corrected chi connectivity index (χ1v) is 10.6. The predicted molar refractivity (Wildman–Crippen MR) is 127 cm³/mol. The van der Waals surface area contributed by atoms with Crippen LogP contribution in [-0.4, -0.2) is 46.6 Å². The van der Waals surface area contributed by atoms with Gasteiger partial charge in [0.2, 0.25) is 0 Å². The lowest BCUT2D eigenvalue weighted by atomic mass is 10.1. The molecule has 8 nitrogen and oxygen atoms in total. The molecule has 0 saturated carbocycles. The van der Waals surface area contributed by atoms with Crippen molar-refractivity contribution in [2.45, 2.75) is 6.18 Å². The highest BCUT2D eigenvalue weighted by molar-refractivity contribution is 5.93. The van der Waals surface area contributed by atoms with E-state index in [1.165, 1.54) is 0 Å². The summed E-state index contributed by atoms with van der Waals surface area (Å²) in [6.07, 6.45) is 0.653. The summed E-state index contributed by atoms with van der Waals surface area (Å²) in [5.74, 6) is -1.94. The number of aliphatic carboxylic acids is 1. The summed E-state index contributed by atoms with van der Waals surface area (Å²) in [4.78, 5) is 13.3. The Morgan fingerprint density at radius 3 is 2.50 bits per heavy atom. The number of benzene rings is 2. The molecule has 0 saturated heterocycles. The predicted octanol–water partition coefficient (Wildman–Crippen LogP) is 5.13. The molecular formula is C25H17F3N6O2. The molecule has 0 fully saturated rings. The van der Waals surface area contributed by atoms with E-state index in [1.54, 1.807) is 0 Å². The average molecular weight is 490 g/mol. The van der Waals surface area contributed by atoms with E-state index in [1.807, 2.05) is 59.0 Å². The molecule has 4 heterocycles. The second kappa shape index (κ2) is 8.77. The maximum Gasteiger partial charge on any atom is 0.490 e. The standard InChI is InChI=1S/C23H16N6.C2HF3O2/c1-28-21-7-6-15(12-17(21)14-25-28)16-9-11-29-22(13-16)26-27-23(29)19-8-10-24-20-5-3-2-4-18(19)20;3-2(4,5)1(6)7/h2-14H,1H3;(H,6,7). The molecule has 6 rings (SSSR count). The van der Waals surface area contributed by atoms with Crippen LogP contribution < -0.4 is 0 Å². The summed E-state index contributed by atoms with van der Waals surface area (Å²) in [6, 6.07) is 20.6. The molecule has 36 heavy (non-hydrogen) atoms. The molecule has 0 unspecified atom stereocenters. The SMILES string of the molecule is Cn1ncc2cc(-c3ccn4c(-c5ccnc6ccccc56)nnc4c3)ccc21.O=C(O)C(F)(F)F. The number of fused-ring (bicyclic) bond motifs is 3. The van der Waals surface area contributed by atoms with Crippen LogP contribution in [0.5, 0.6) is 0 Å². The second-order valence-electron chi connectivity index (χ2n) is 7.89. The van der Waals surface area contributed by atoms with Crippen molar-refractivity contribution in [2.75, 3.05) is 0 Å². The van der Waals surface area contributed by atoms with Crippen LogP contribution >= 0.6 is 0 Å². The van der Waals surface area contributed by atoms with Gasteiger partial charge in [-0.2, -0.15) is 18.3 Å². The van der Waals surface area contributed by atoms with Gasteiger partial charge < -0.3 is 5.11 Å². The first-order chi connectivity index (χ1) is 17.2. The molecule has 0 spiro atoms. The van der Waals surface area contributed by atoms with Crippen molar-refractivity contribution < 1.29 is 23.1 Å². The van der Waals surface area contributed by atoms with Crippen molar-refractivity contribution in [3.05, 3.63) is 79.3 Å². The average Bonchev–Trinajstić information content (AvgIpc) is 3.46. The number of halogens is 3. The van der Waals surface area contributed by atoms with Gasteiger partial charge in [-0.25, -0.2) is 4.79 Å². The molecule has 180 valence electrons. The van der Waals surface area contributed by atoms with Gasteiger partial charge >= 0.3 is 12.1 Å². The normalized spacial score (nSPS) is 11.6. The number of rotatable bonds is 2. The highest BCUT2D eigenvalue weighted by Crippen LogP contribution is 2.29. The lowest BCUT2D eigenvalue weighted by molar-refractivity contribution is -0.192. The van der Waals surface area contributed by atoms with Gasteiger partial charge in [-0.3, -0.25) is 14.1 Å². The van der Waals surface area contributed by atoms with Crippen LogP contribution in [0.2, 0.25) is 0 Å². The van der Waals surface area contributed by atoms with Gasteiger partial charge in [-0.05, 0) is 47.5 Å². The largest absolute Gasteiger partial charge is 0.490 e. The molecule has 11 heteroatoms. The van der Waals surface area contributed by atoms with E-state index in [0.717, 1.165) is 50.0 Å². The van der Waals surface area contributed by atoms with E-state index >= 15 is 0 Å². The second-order valence-corrected chi connectivity index (χ2v) is 7.89. The number of pyridine rings is 2. The summed E-state index contributed by atoms with van der Waals surface area (Å²) in [7, 11) is 1.95. The first kappa shape index (κ1) is 23.0. The number of carbonyl (C=O) groups is 1. The van der Waals surface area contributed by atoms with E-state index in [4.69, 9.17) is 9.90 Å². The number of alkyl halides is 3. The number of para-hydroxylation sites is 1. The summed E-state index contributed by atoms with van der Waals surface area (Å²) in [6.45, 7) is 0. The zero-order valence-electron chi connectivity index (χ0n) is 18.7. The van der Waals surface area contributed by atoms with Crippen LogP contribution in [-0.2, 0) is 11.8 Å². The Bertz CT molecular complexity index is 1730. The zero-order chi connectivity index (χ0) is 25.4. The maximum atomic E-state index is 10.6. The number of carboxylic acids is 1. The summed E-state index contributed by atoms with van der Waals surface area (Å²) >= 11 is 0. The van der Waals surface area contributed by atoms with Gasteiger partial charge in [0.25, 0.3) is 0 Å². The number of aryl methyl sites for hydroxylation is 1. The number of carboxylic acid groups (broad SMARTS) is 1. The van der Waals surface area contributed by atoms with Crippen LogP contribution in [0.4, 0.5) is 13.2 Å². The fourth-order valence-electron chi connectivity index (χ4n) is 3.89. The molecule has 0 atom stereocenters. The third kappa shape index (κ3) is 4.22. The minimum absolute atomic E-state index is 0.810. The number of hydrogen-bond donors (Lipinski definition) is 1. The minimum atomic E-state index is -5.08. The Kier molecular flexibility index (Phi) is 5.59. The Morgan fingerprint density at radius 2 is 1.72 bits per heavy atom. The van der Waals surface area contributed by atoms with E-state index in [0.29, 0.717) is 0 Å². The van der Waals surface area contributed by atoms with E-state index in [-0.39, 0.29) is 0 Å². The lowest BCUT2D eigenvalue weighted by Gasteiger charge is -2.06. The van der Waals surface area contributed by atoms with Crippen LogP contribution in [0.15, 0.2) is 79.3 Å². The maximum absolute atomic E-state index is 10.6. The molecule has 0 aliphatic rings. The molecule has 2 aromatic carbocycles. The van der Waals surface area contributed by atoms with Crippen molar-refractivity contribution >= 4 is 33.4 Å². The molecule has 0 amide bonds. The fraction of sp³-hybridized carbons (Fsp3) is 0.0800. The van der Waals surface area contributed by atoms with Crippen LogP contribution in [0.25, 0.3) is 50.0 Å². The van der Waals surface area contributed by atoms with Crippen molar-refractivity contribution in [1.29, 1.82) is 0 Å². The van der Waals surface area contributed by atoms with Crippen molar-refractivity contribution in [1.82, 2.24) is 29.4 Å². The summed E-state index contributed by atoms with van der Waals surface area (Å²) in [5, 5.41) is 22.5. The summed E-state index contributed by atoms with van der Waals surface area (Å²) in [5.41, 5.74) is 6.12. The molecular weight excluding hydrogens is 473 g/mol. The van der Waals surface area contributed by atoms with Crippen LogP contribution in [0.3, 0.4) is 0 Å². The lowest BCUT2D eigenvalue weighted by Crippen LogP contribution is -2.21. The first-order valence-electron chi connectivity index (χ1n) is 10.6. The van der Waals surface area contributed by atoms with Gasteiger partial charge in [-0.1, -0.05) is 24.3 Å². The van der Waals surface area contributed by atoms with E-state index in [2.05, 4.69) is 56.7 Å². The molecule has 1 N–H and O–H groups in total. The van der Waals surface area contributed by atoms with Crippen molar-refractivity contribution in [3.8, 4) is 22.5 Å². The van der Waals surface area contributed by atoms with Gasteiger partial charge in [0.05, 0.1) is 17.2 Å². The van der Waals surface area contributed by atoms with Crippen molar-refractivity contribution in [3.63, 3.8) is 0 Å². The molecule has 0 aliphatic carbocycles. The zero-order valence-corrected chi connectivity index (χ0v) is 18.7. The smallest absolute Gasteiger partial charge is 0.475 e. The Morgan fingerprint density at radius 1 is 0.972 bits per heavy atom. The van der Waals surface area contributed by atoms with Gasteiger partial charge in [-0.15, -0.1) is 10.2 Å². The monoisotopic (exact) mass is 490 g/mol.